The van der Waals surface area contributed by atoms with Crippen LogP contribution in [0.1, 0.15) is 12.0 Å². The number of aromatic nitrogens is 1. The van der Waals surface area contributed by atoms with Gasteiger partial charge in [0.2, 0.25) is 0 Å². The first-order chi connectivity index (χ1) is 7.22. The Morgan fingerprint density at radius 3 is 2.93 bits per heavy atom. The molecule has 1 aromatic heterocycles. The Labute approximate surface area is 100 Å². The minimum Gasteiger partial charge on any atom is -0.350 e. The van der Waals surface area contributed by atoms with Crippen LogP contribution < -0.4 is 0 Å². The third kappa shape index (κ3) is 2.16. The normalized spacial score (nSPS) is 11.1. The number of benzene rings is 1. The highest BCUT2D eigenvalue weighted by Crippen LogP contribution is 2.24. The molecule has 3 heteroatoms. The van der Waals surface area contributed by atoms with Crippen molar-refractivity contribution < 1.29 is 0 Å². The molecule has 0 fully saturated rings. The van der Waals surface area contributed by atoms with Crippen molar-refractivity contribution in [3.63, 3.8) is 0 Å². The van der Waals surface area contributed by atoms with Gasteiger partial charge in [-0.25, -0.2) is 0 Å². The first-order valence-electron chi connectivity index (χ1n) is 5.06. The smallest absolute Gasteiger partial charge is 0.0495 e. The highest BCUT2D eigenvalue weighted by molar-refractivity contribution is 7.80. The molecule has 2 rings (SSSR count). The third-order valence-electron chi connectivity index (χ3n) is 2.64. The quantitative estimate of drug-likeness (QED) is 0.780. The van der Waals surface area contributed by atoms with Gasteiger partial charge in [0.15, 0.2) is 0 Å². The molecule has 0 aliphatic heterocycles. The standard InChI is InChI=1S/C12H14ClNS/c1-14-8-9(3-2-6-15)11-5-4-10(13)7-12(11)14/h4-5,7-8,15H,2-3,6H2,1H3. The monoisotopic (exact) mass is 239 g/mol. The molecular formula is C12H14ClNS. The molecule has 0 spiro atoms. The molecule has 80 valence electrons. The maximum absolute atomic E-state index is 5.98. The maximum atomic E-state index is 5.98. The second kappa shape index (κ2) is 4.50. The number of fused-ring (bicyclic) bond motifs is 1. The van der Waals surface area contributed by atoms with Gasteiger partial charge in [-0.05, 0) is 36.3 Å². The molecule has 2 aromatic rings. The van der Waals surface area contributed by atoms with Crippen LogP contribution in [0.3, 0.4) is 0 Å². The lowest BCUT2D eigenvalue weighted by Gasteiger charge is -1.97. The zero-order valence-electron chi connectivity index (χ0n) is 8.70. The Bertz CT molecular complexity index is 476. The van der Waals surface area contributed by atoms with Crippen molar-refractivity contribution in [2.75, 3.05) is 5.75 Å². The van der Waals surface area contributed by atoms with Crippen molar-refractivity contribution in [3.8, 4) is 0 Å². The predicted molar refractivity (Wildman–Crippen MR) is 70.1 cm³/mol. The second-order valence-corrected chi connectivity index (χ2v) is 4.64. The van der Waals surface area contributed by atoms with E-state index in [1.54, 1.807) is 0 Å². The van der Waals surface area contributed by atoms with E-state index in [0.717, 1.165) is 23.6 Å². The summed E-state index contributed by atoms with van der Waals surface area (Å²) in [7, 11) is 2.06. The zero-order valence-corrected chi connectivity index (χ0v) is 10.4. The number of nitrogens with zero attached hydrogens (tertiary/aromatic N) is 1. The van der Waals surface area contributed by atoms with E-state index in [4.69, 9.17) is 11.6 Å². The van der Waals surface area contributed by atoms with Crippen LogP contribution in [-0.4, -0.2) is 10.3 Å². The number of rotatable bonds is 3. The van der Waals surface area contributed by atoms with Crippen LogP contribution in [0.5, 0.6) is 0 Å². The Kier molecular flexibility index (Phi) is 3.27. The van der Waals surface area contributed by atoms with Gasteiger partial charge in [-0.2, -0.15) is 12.6 Å². The molecule has 1 heterocycles. The Hall–Kier alpha value is -0.600. The maximum Gasteiger partial charge on any atom is 0.0495 e. The molecule has 15 heavy (non-hydrogen) atoms. The van der Waals surface area contributed by atoms with Gasteiger partial charge in [-0.3, -0.25) is 0 Å². The highest BCUT2D eigenvalue weighted by Gasteiger charge is 2.06. The molecule has 0 radical (unpaired) electrons. The van der Waals surface area contributed by atoms with Crippen molar-refractivity contribution in [1.82, 2.24) is 4.57 Å². The molecule has 0 saturated carbocycles. The van der Waals surface area contributed by atoms with E-state index in [1.807, 2.05) is 12.1 Å². The Morgan fingerprint density at radius 2 is 2.20 bits per heavy atom. The number of thiol groups is 1. The summed E-state index contributed by atoms with van der Waals surface area (Å²) in [6.07, 6.45) is 4.39. The van der Waals surface area contributed by atoms with Gasteiger partial charge in [0, 0.05) is 29.2 Å². The number of aryl methyl sites for hydroxylation is 2. The van der Waals surface area contributed by atoms with Crippen LogP contribution in [-0.2, 0) is 13.5 Å². The SMILES string of the molecule is Cn1cc(CCCS)c2ccc(Cl)cc21. The molecule has 0 saturated heterocycles. The number of hydrogen-bond acceptors (Lipinski definition) is 1. The predicted octanol–water partition coefficient (Wildman–Crippen LogP) is 3.69. The summed E-state index contributed by atoms with van der Waals surface area (Å²) in [6.45, 7) is 0. The molecule has 0 amide bonds. The Balaban J connectivity index is 2.48. The molecule has 0 N–H and O–H groups in total. The third-order valence-corrected chi connectivity index (χ3v) is 3.19. The molecule has 1 nitrogen and oxygen atoms in total. The van der Waals surface area contributed by atoms with Crippen LogP contribution in [0.25, 0.3) is 10.9 Å². The van der Waals surface area contributed by atoms with Crippen LogP contribution in [0.15, 0.2) is 24.4 Å². The van der Waals surface area contributed by atoms with Gasteiger partial charge in [-0.1, -0.05) is 17.7 Å². The Morgan fingerprint density at radius 1 is 1.40 bits per heavy atom. The molecule has 0 aliphatic carbocycles. The van der Waals surface area contributed by atoms with Crippen molar-refractivity contribution in [1.29, 1.82) is 0 Å². The van der Waals surface area contributed by atoms with Crippen molar-refractivity contribution in [2.24, 2.45) is 7.05 Å². The molecular weight excluding hydrogens is 226 g/mol. The van der Waals surface area contributed by atoms with Gasteiger partial charge in [0.05, 0.1) is 0 Å². The zero-order chi connectivity index (χ0) is 10.8. The fourth-order valence-corrected chi connectivity index (χ4v) is 2.23. The summed E-state index contributed by atoms with van der Waals surface area (Å²) < 4.78 is 2.13. The largest absolute Gasteiger partial charge is 0.350 e. The van der Waals surface area contributed by atoms with Crippen LogP contribution in [0.2, 0.25) is 5.02 Å². The van der Waals surface area contributed by atoms with Gasteiger partial charge in [0.25, 0.3) is 0 Å². The van der Waals surface area contributed by atoms with E-state index in [9.17, 15) is 0 Å². The van der Waals surface area contributed by atoms with E-state index in [1.165, 1.54) is 16.5 Å². The van der Waals surface area contributed by atoms with Crippen molar-refractivity contribution in [2.45, 2.75) is 12.8 Å². The molecule has 0 atom stereocenters. The second-order valence-electron chi connectivity index (χ2n) is 3.75. The first-order valence-corrected chi connectivity index (χ1v) is 6.07. The van der Waals surface area contributed by atoms with E-state index in [-0.39, 0.29) is 0 Å². The minimum absolute atomic E-state index is 0.796. The summed E-state index contributed by atoms with van der Waals surface area (Å²) in [6, 6.07) is 6.07. The van der Waals surface area contributed by atoms with Gasteiger partial charge in [-0.15, -0.1) is 0 Å². The summed E-state index contributed by atoms with van der Waals surface area (Å²) >= 11 is 10.2. The number of hydrogen-bond donors (Lipinski definition) is 1. The summed E-state index contributed by atoms with van der Waals surface area (Å²) in [5.41, 5.74) is 2.59. The van der Waals surface area contributed by atoms with E-state index in [2.05, 4.69) is 36.5 Å². The van der Waals surface area contributed by atoms with E-state index in [0.29, 0.717) is 0 Å². The lowest BCUT2D eigenvalue weighted by molar-refractivity contribution is 0.911. The minimum atomic E-state index is 0.796. The average Bonchev–Trinajstić information content (AvgIpc) is 2.53. The van der Waals surface area contributed by atoms with Crippen LogP contribution in [0, 0.1) is 0 Å². The lowest BCUT2D eigenvalue weighted by atomic mass is 10.1. The number of halogens is 1. The summed E-state index contributed by atoms with van der Waals surface area (Å²) in [5.74, 6) is 0.935. The highest BCUT2D eigenvalue weighted by atomic mass is 35.5. The fourth-order valence-electron chi connectivity index (χ4n) is 1.91. The lowest BCUT2D eigenvalue weighted by Crippen LogP contribution is -1.84. The fraction of sp³-hybridized carbons (Fsp3) is 0.333. The topological polar surface area (TPSA) is 4.93 Å². The average molecular weight is 240 g/mol. The van der Waals surface area contributed by atoms with Gasteiger partial charge in [0.1, 0.15) is 0 Å². The van der Waals surface area contributed by atoms with Gasteiger partial charge < -0.3 is 4.57 Å². The van der Waals surface area contributed by atoms with Crippen LogP contribution in [0.4, 0.5) is 0 Å². The molecule has 0 bridgehead atoms. The van der Waals surface area contributed by atoms with Crippen molar-refractivity contribution >= 4 is 35.1 Å². The van der Waals surface area contributed by atoms with Crippen molar-refractivity contribution in [3.05, 3.63) is 35.0 Å². The van der Waals surface area contributed by atoms with E-state index < -0.39 is 0 Å². The first kappa shape index (κ1) is 10.9. The molecule has 0 aliphatic rings. The molecule has 1 aromatic carbocycles. The van der Waals surface area contributed by atoms with E-state index >= 15 is 0 Å². The van der Waals surface area contributed by atoms with Crippen LogP contribution >= 0.6 is 24.2 Å². The summed E-state index contributed by atoms with van der Waals surface area (Å²) in [5, 5.41) is 2.10. The molecule has 0 unspecified atom stereocenters. The summed E-state index contributed by atoms with van der Waals surface area (Å²) in [4.78, 5) is 0. The van der Waals surface area contributed by atoms with Gasteiger partial charge >= 0.3 is 0 Å².